The van der Waals surface area contributed by atoms with Crippen LogP contribution in [0.25, 0.3) is 33.6 Å². The second-order valence-electron chi connectivity index (χ2n) is 11.8. The highest BCUT2D eigenvalue weighted by Crippen LogP contribution is 2.42. The van der Waals surface area contributed by atoms with Crippen molar-refractivity contribution < 1.29 is 24.2 Å². The molecule has 2 fully saturated rings. The van der Waals surface area contributed by atoms with Gasteiger partial charge in [0.05, 0.1) is 35.7 Å². The van der Waals surface area contributed by atoms with Crippen LogP contribution in [-0.4, -0.2) is 59.3 Å². The first kappa shape index (κ1) is 32.7. The van der Waals surface area contributed by atoms with Crippen LogP contribution in [0.5, 0.6) is 11.6 Å². The van der Waals surface area contributed by atoms with Gasteiger partial charge in [0.1, 0.15) is 11.3 Å². The van der Waals surface area contributed by atoms with Crippen LogP contribution in [0.2, 0.25) is 10.0 Å². The molecule has 4 aromatic rings. The van der Waals surface area contributed by atoms with Gasteiger partial charge in [0.2, 0.25) is 11.8 Å². The number of hydrogen-bond donors (Lipinski definition) is 4. The third kappa shape index (κ3) is 6.92. The lowest BCUT2D eigenvalue weighted by Crippen LogP contribution is -2.38. The molecule has 0 spiro atoms. The predicted octanol–water partition coefficient (Wildman–Crippen LogP) is 5.88. The van der Waals surface area contributed by atoms with Crippen LogP contribution in [0, 0.1) is 0 Å². The summed E-state index contributed by atoms with van der Waals surface area (Å²) in [5, 5.41) is 19.9. The number of halogens is 2. The Morgan fingerprint density at radius 3 is 2.47 bits per heavy atom. The maximum atomic E-state index is 11.6. The summed E-state index contributed by atoms with van der Waals surface area (Å²) in [4.78, 5) is 32.4. The summed E-state index contributed by atoms with van der Waals surface area (Å²) in [5.74, 6) is 0.340. The Labute approximate surface area is 282 Å². The van der Waals surface area contributed by atoms with Crippen LogP contribution in [0.3, 0.4) is 0 Å². The number of amides is 1. The van der Waals surface area contributed by atoms with Gasteiger partial charge in [-0.2, -0.15) is 0 Å². The van der Waals surface area contributed by atoms with Gasteiger partial charge in [0.25, 0.3) is 0 Å². The third-order valence-corrected chi connectivity index (χ3v) is 9.50. The van der Waals surface area contributed by atoms with Gasteiger partial charge in [0.15, 0.2) is 0 Å². The summed E-state index contributed by atoms with van der Waals surface area (Å²) in [6.07, 6.45) is 4.29. The quantitative estimate of drug-likeness (QED) is 0.137. The molecule has 2 aliphatic rings. The highest BCUT2D eigenvalue weighted by Gasteiger charge is 2.49. The van der Waals surface area contributed by atoms with E-state index in [-0.39, 0.29) is 11.9 Å². The standard InChI is InChI=1S/C35H35Cl2N5O5/c1-46-28-16-20(6-7-21(28)18-40-35(13-14-35)34(44)45)32-31(37)25(12-15-39-32)24-4-3-5-26(30(24)36)27-10-8-22(33(42-27)47-2)17-38-19-23-9-11-29(43)41-23/h3-8,10,12,15-16,23,38,40H,9,11,13-14,17-19H2,1-2H3,(H,41,43)(H,44,45)/t23-/m0/s1. The van der Waals surface area contributed by atoms with Crippen LogP contribution >= 0.6 is 23.2 Å². The van der Waals surface area contributed by atoms with Crippen molar-refractivity contribution in [2.45, 2.75) is 50.4 Å². The van der Waals surface area contributed by atoms with Crippen LogP contribution in [-0.2, 0) is 22.7 Å². The van der Waals surface area contributed by atoms with E-state index >= 15 is 0 Å². The maximum absolute atomic E-state index is 11.6. The summed E-state index contributed by atoms with van der Waals surface area (Å²) in [6.45, 7) is 1.56. The molecule has 1 saturated carbocycles. The second-order valence-corrected chi connectivity index (χ2v) is 12.5. The van der Waals surface area contributed by atoms with Crippen LogP contribution in [0.4, 0.5) is 0 Å². The molecule has 10 nitrogen and oxygen atoms in total. The Kier molecular flexibility index (Phi) is 9.65. The zero-order chi connectivity index (χ0) is 33.1. The molecule has 12 heteroatoms. The molecule has 1 saturated heterocycles. The van der Waals surface area contributed by atoms with Gasteiger partial charge in [-0.25, -0.2) is 4.98 Å². The number of aromatic nitrogens is 2. The number of hydrogen-bond acceptors (Lipinski definition) is 8. The van der Waals surface area contributed by atoms with Crippen molar-refractivity contribution in [2.24, 2.45) is 0 Å². The predicted molar refractivity (Wildman–Crippen MR) is 181 cm³/mol. The molecule has 3 heterocycles. The van der Waals surface area contributed by atoms with E-state index in [1.54, 1.807) is 20.4 Å². The average Bonchev–Trinajstić information content (AvgIpc) is 3.77. The van der Waals surface area contributed by atoms with Gasteiger partial charge in [0, 0.05) is 71.7 Å². The number of carbonyl (C=O) groups is 2. The Balaban J connectivity index is 1.24. The minimum Gasteiger partial charge on any atom is -0.496 e. The second kappa shape index (κ2) is 13.9. The van der Waals surface area contributed by atoms with Gasteiger partial charge in [-0.3, -0.25) is 19.9 Å². The zero-order valence-corrected chi connectivity index (χ0v) is 27.5. The van der Waals surface area contributed by atoms with Crippen LogP contribution in [0.15, 0.2) is 60.8 Å². The number of carbonyl (C=O) groups excluding carboxylic acids is 1. The average molecular weight is 677 g/mol. The van der Waals surface area contributed by atoms with Crippen molar-refractivity contribution in [3.05, 3.63) is 82.0 Å². The fourth-order valence-electron chi connectivity index (χ4n) is 5.83. The topological polar surface area (TPSA) is 135 Å². The largest absolute Gasteiger partial charge is 0.496 e. The van der Waals surface area contributed by atoms with E-state index < -0.39 is 11.5 Å². The van der Waals surface area contributed by atoms with E-state index in [2.05, 4.69) is 20.9 Å². The van der Waals surface area contributed by atoms with E-state index in [1.165, 1.54) is 0 Å². The lowest BCUT2D eigenvalue weighted by molar-refractivity contribution is -0.140. The molecule has 2 aromatic carbocycles. The molecule has 2 aromatic heterocycles. The number of nitrogens with zero attached hydrogens (tertiary/aromatic N) is 2. The lowest BCUT2D eigenvalue weighted by Gasteiger charge is -2.17. The van der Waals surface area contributed by atoms with Crippen molar-refractivity contribution in [1.29, 1.82) is 0 Å². The van der Waals surface area contributed by atoms with Gasteiger partial charge in [-0.1, -0.05) is 59.6 Å². The molecule has 0 unspecified atom stereocenters. The fraction of sp³-hybridized carbons (Fsp3) is 0.314. The SMILES string of the molecule is COc1cc(-c2nccc(-c3cccc(-c4ccc(CNC[C@@H]5CCC(=O)N5)c(OC)n4)c3Cl)c2Cl)ccc1CNC1(C(=O)O)CC1. The normalized spacial score (nSPS) is 16.5. The first-order chi connectivity index (χ1) is 22.7. The smallest absolute Gasteiger partial charge is 0.323 e. The molecule has 1 aliphatic heterocycles. The maximum Gasteiger partial charge on any atom is 0.323 e. The summed E-state index contributed by atoms with van der Waals surface area (Å²) in [7, 11) is 3.16. The molecule has 0 bridgehead atoms. The number of ether oxygens (including phenoxy) is 2. The molecular formula is C35H35Cl2N5O5. The molecule has 1 atom stereocenters. The highest BCUT2D eigenvalue weighted by atomic mass is 35.5. The summed E-state index contributed by atoms with van der Waals surface area (Å²) in [6, 6.07) is 17.2. The van der Waals surface area contributed by atoms with Crippen molar-refractivity contribution in [1.82, 2.24) is 25.9 Å². The molecule has 1 aliphatic carbocycles. The number of aliphatic carboxylic acids is 1. The number of rotatable bonds is 13. The Hall–Kier alpha value is -4.22. The Morgan fingerprint density at radius 2 is 1.77 bits per heavy atom. The molecular weight excluding hydrogens is 641 g/mol. The van der Waals surface area contributed by atoms with Crippen molar-refractivity contribution in [3.8, 4) is 45.3 Å². The first-order valence-electron chi connectivity index (χ1n) is 15.4. The number of methoxy groups -OCH3 is 2. The molecule has 6 rings (SSSR count). The Morgan fingerprint density at radius 1 is 1.00 bits per heavy atom. The van der Waals surface area contributed by atoms with Crippen LogP contribution < -0.4 is 25.4 Å². The monoisotopic (exact) mass is 675 g/mol. The number of benzene rings is 2. The third-order valence-electron chi connectivity index (χ3n) is 8.71. The summed E-state index contributed by atoms with van der Waals surface area (Å²) in [5.41, 5.74) is 4.97. The highest BCUT2D eigenvalue weighted by molar-refractivity contribution is 6.39. The molecule has 47 heavy (non-hydrogen) atoms. The van der Waals surface area contributed by atoms with E-state index in [9.17, 15) is 14.7 Å². The summed E-state index contributed by atoms with van der Waals surface area (Å²) >= 11 is 14.1. The number of pyridine rings is 2. The van der Waals surface area contributed by atoms with Gasteiger partial charge in [-0.05, 0) is 37.5 Å². The van der Waals surface area contributed by atoms with Gasteiger partial charge in [-0.15, -0.1) is 0 Å². The molecule has 244 valence electrons. The van der Waals surface area contributed by atoms with E-state index in [4.69, 9.17) is 37.7 Å². The Bertz CT molecular complexity index is 1830. The fourth-order valence-corrected chi connectivity index (χ4v) is 6.47. The molecule has 0 radical (unpaired) electrons. The number of nitrogens with one attached hydrogen (secondary N) is 3. The van der Waals surface area contributed by atoms with Crippen LogP contribution in [0.1, 0.15) is 36.8 Å². The van der Waals surface area contributed by atoms with Crippen molar-refractivity contribution in [2.75, 3.05) is 20.8 Å². The zero-order valence-electron chi connectivity index (χ0n) is 26.0. The summed E-state index contributed by atoms with van der Waals surface area (Å²) < 4.78 is 11.3. The van der Waals surface area contributed by atoms with Gasteiger partial charge < -0.3 is 25.2 Å². The molecule has 4 N–H and O–H groups in total. The van der Waals surface area contributed by atoms with Gasteiger partial charge >= 0.3 is 5.97 Å². The number of carboxylic acids is 1. The van der Waals surface area contributed by atoms with E-state index in [0.717, 1.165) is 34.2 Å². The minimum absolute atomic E-state index is 0.0910. The first-order valence-corrected chi connectivity index (χ1v) is 16.1. The van der Waals surface area contributed by atoms with E-state index in [1.807, 2.05) is 54.6 Å². The van der Waals surface area contributed by atoms with Crippen molar-refractivity contribution >= 4 is 35.1 Å². The lowest BCUT2D eigenvalue weighted by atomic mass is 9.99. The molecule has 1 amide bonds. The number of carboxylic acid groups (broad SMARTS) is 1. The minimum atomic E-state index is -0.854. The van der Waals surface area contributed by atoms with E-state index in [0.29, 0.717) is 77.5 Å². The van der Waals surface area contributed by atoms with Crippen molar-refractivity contribution in [3.63, 3.8) is 0 Å².